The van der Waals surface area contributed by atoms with E-state index in [1.165, 1.54) is 7.05 Å². The van der Waals surface area contributed by atoms with Crippen molar-refractivity contribution in [3.63, 3.8) is 0 Å². The minimum atomic E-state index is -0.777. The molecule has 7 heteroatoms. The van der Waals surface area contributed by atoms with Crippen LogP contribution in [0.3, 0.4) is 0 Å². The summed E-state index contributed by atoms with van der Waals surface area (Å²) in [4.78, 5) is 36.9. The summed E-state index contributed by atoms with van der Waals surface area (Å²) in [5.41, 5.74) is 2.36. The van der Waals surface area contributed by atoms with Crippen LogP contribution in [0.2, 0.25) is 0 Å². The van der Waals surface area contributed by atoms with Crippen LogP contribution in [-0.4, -0.2) is 28.3 Å². The Balaban J connectivity index is 1.41. The quantitative estimate of drug-likeness (QED) is 0.507. The van der Waals surface area contributed by atoms with Crippen LogP contribution in [0.4, 0.5) is 5.69 Å². The monoisotopic (exact) mass is 413 g/mol. The maximum atomic E-state index is 12.5. The summed E-state index contributed by atoms with van der Waals surface area (Å²) in [5.74, 6) is -1.25. The summed E-state index contributed by atoms with van der Waals surface area (Å²) in [5, 5.41) is 7.43. The van der Waals surface area contributed by atoms with E-state index in [2.05, 4.69) is 10.4 Å². The normalized spacial score (nSPS) is 10.6. The molecule has 0 saturated carbocycles. The molecule has 0 radical (unpaired) electrons. The molecule has 1 heterocycles. The number of hydrogen-bond acceptors (Lipinski definition) is 5. The highest BCUT2D eigenvalue weighted by Gasteiger charge is 2.18. The largest absolute Gasteiger partial charge is 0.451 e. The first-order valence-corrected chi connectivity index (χ1v) is 9.61. The molecule has 1 aromatic heterocycles. The maximum Gasteiger partial charge on any atom is 0.359 e. The second-order valence-electron chi connectivity index (χ2n) is 6.89. The number of amides is 1. The van der Waals surface area contributed by atoms with Crippen LogP contribution >= 0.6 is 0 Å². The number of carbonyl (C=O) groups is 2. The van der Waals surface area contributed by atoms with Crippen molar-refractivity contribution in [3.05, 3.63) is 94.9 Å². The van der Waals surface area contributed by atoms with E-state index in [1.54, 1.807) is 36.4 Å². The predicted molar refractivity (Wildman–Crippen MR) is 118 cm³/mol. The van der Waals surface area contributed by atoms with Gasteiger partial charge in [-0.1, -0.05) is 60.7 Å². The van der Waals surface area contributed by atoms with Gasteiger partial charge in [0.15, 0.2) is 12.3 Å². The van der Waals surface area contributed by atoms with Crippen LogP contribution < -0.4 is 10.9 Å². The summed E-state index contributed by atoms with van der Waals surface area (Å²) in [6.45, 7) is -0.474. The lowest BCUT2D eigenvalue weighted by molar-refractivity contribution is -0.119. The number of aromatic nitrogens is 2. The molecule has 0 bridgehead atoms. The molecule has 0 atom stereocenters. The highest BCUT2D eigenvalue weighted by Crippen LogP contribution is 2.21. The minimum Gasteiger partial charge on any atom is -0.451 e. The van der Waals surface area contributed by atoms with Crippen LogP contribution in [0.1, 0.15) is 10.5 Å². The van der Waals surface area contributed by atoms with Gasteiger partial charge in [0.2, 0.25) is 0 Å². The molecule has 4 aromatic rings. The molecule has 0 unspecified atom stereocenters. The molecule has 31 heavy (non-hydrogen) atoms. The van der Waals surface area contributed by atoms with E-state index in [0.29, 0.717) is 16.5 Å². The van der Waals surface area contributed by atoms with Crippen molar-refractivity contribution >= 4 is 28.3 Å². The lowest BCUT2D eigenvalue weighted by Crippen LogP contribution is -2.26. The van der Waals surface area contributed by atoms with E-state index in [9.17, 15) is 14.4 Å². The summed E-state index contributed by atoms with van der Waals surface area (Å²) in [6, 6.07) is 23.9. The molecule has 0 aliphatic carbocycles. The average molecular weight is 413 g/mol. The van der Waals surface area contributed by atoms with Crippen molar-refractivity contribution in [3.8, 4) is 11.1 Å². The Labute approximate surface area is 177 Å². The van der Waals surface area contributed by atoms with E-state index in [-0.39, 0.29) is 11.3 Å². The van der Waals surface area contributed by atoms with Gasteiger partial charge in [-0.3, -0.25) is 9.59 Å². The maximum absolute atomic E-state index is 12.5. The fraction of sp³-hybridized carbons (Fsp3) is 0.0833. The Morgan fingerprint density at radius 1 is 0.871 bits per heavy atom. The molecule has 0 fully saturated rings. The van der Waals surface area contributed by atoms with E-state index in [1.807, 2.05) is 42.5 Å². The van der Waals surface area contributed by atoms with Crippen LogP contribution in [0.25, 0.3) is 21.9 Å². The van der Waals surface area contributed by atoms with Crippen molar-refractivity contribution in [1.29, 1.82) is 0 Å². The number of anilines is 1. The molecule has 1 amide bonds. The van der Waals surface area contributed by atoms with Gasteiger partial charge in [0.1, 0.15) is 0 Å². The smallest absolute Gasteiger partial charge is 0.359 e. The third-order valence-electron chi connectivity index (χ3n) is 4.76. The number of carbonyl (C=O) groups excluding carboxylic acids is 2. The molecule has 4 rings (SSSR count). The SMILES string of the molecule is Cn1nc(C(=O)OCC(=O)Nc2ccc(-c3ccccc3)cc2)c2ccccc2c1=O. The Morgan fingerprint density at radius 3 is 2.19 bits per heavy atom. The zero-order valence-corrected chi connectivity index (χ0v) is 16.7. The number of benzene rings is 3. The third kappa shape index (κ3) is 4.35. The number of fused-ring (bicyclic) bond motifs is 1. The number of nitrogens with zero attached hydrogens (tertiary/aromatic N) is 2. The highest BCUT2D eigenvalue weighted by molar-refractivity contribution is 6.03. The van der Waals surface area contributed by atoms with E-state index >= 15 is 0 Å². The number of hydrogen-bond donors (Lipinski definition) is 1. The first kappa shape index (κ1) is 20.0. The summed E-state index contributed by atoms with van der Waals surface area (Å²) in [7, 11) is 1.46. The standard InChI is InChI=1S/C24H19N3O4/c1-27-23(29)20-10-6-5-9-19(20)22(26-27)24(30)31-15-21(28)25-18-13-11-17(12-14-18)16-7-3-2-4-8-16/h2-14H,15H2,1H3,(H,25,28). The van der Waals surface area contributed by atoms with E-state index in [4.69, 9.17) is 4.74 Å². The lowest BCUT2D eigenvalue weighted by Gasteiger charge is -2.09. The van der Waals surface area contributed by atoms with Gasteiger partial charge in [0, 0.05) is 18.1 Å². The Bertz CT molecular complexity index is 1310. The van der Waals surface area contributed by atoms with Crippen LogP contribution in [0.15, 0.2) is 83.7 Å². The van der Waals surface area contributed by atoms with Crippen molar-refractivity contribution in [2.24, 2.45) is 7.05 Å². The minimum absolute atomic E-state index is 0.0160. The second-order valence-corrected chi connectivity index (χ2v) is 6.89. The topological polar surface area (TPSA) is 90.3 Å². The lowest BCUT2D eigenvalue weighted by atomic mass is 10.1. The molecule has 3 aromatic carbocycles. The molecule has 154 valence electrons. The molecule has 0 spiro atoms. The van der Waals surface area contributed by atoms with Gasteiger partial charge >= 0.3 is 5.97 Å². The van der Waals surface area contributed by atoms with Gasteiger partial charge in [-0.2, -0.15) is 5.10 Å². The number of rotatable bonds is 5. The van der Waals surface area contributed by atoms with Crippen molar-refractivity contribution in [2.45, 2.75) is 0 Å². The molecule has 1 N–H and O–H groups in total. The van der Waals surface area contributed by atoms with Crippen LogP contribution in [0.5, 0.6) is 0 Å². The first-order valence-electron chi connectivity index (χ1n) is 9.61. The van der Waals surface area contributed by atoms with Crippen molar-refractivity contribution in [2.75, 3.05) is 11.9 Å². The number of esters is 1. The van der Waals surface area contributed by atoms with Gasteiger partial charge < -0.3 is 10.1 Å². The average Bonchev–Trinajstić information content (AvgIpc) is 2.81. The third-order valence-corrected chi connectivity index (χ3v) is 4.76. The molecule has 0 aliphatic rings. The van der Waals surface area contributed by atoms with E-state index < -0.39 is 18.5 Å². The number of nitrogens with one attached hydrogen (secondary N) is 1. The molecular weight excluding hydrogens is 394 g/mol. The van der Waals surface area contributed by atoms with Gasteiger partial charge in [0.25, 0.3) is 11.5 Å². The Kier molecular flexibility index (Phi) is 5.57. The molecule has 0 aliphatic heterocycles. The summed E-state index contributed by atoms with van der Waals surface area (Å²) in [6.07, 6.45) is 0. The first-order chi connectivity index (χ1) is 15.0. The molecule has 0 saturated heterocycles. The Morgan fingerprint density at radius 2 is 1.48 bits per heavy atom. The zero-order valence-electron chi connectivity index (χ0n) is 16.7. The highest BCUT2D eigenvalue weighted by atomic mass is 16.5. The van der Waals surface area contributed by atoms with Crippen molar-refractivity contribution in [1.82, 2.24) is 9.78 Å². The second kappa shape index (κ2) is 8.62. The van der Waals surface area contributed by atoms with Gasteiger partial charge in [-0.25, -0.2) is 9.48 Å². The number of ether oxygens (including phenoxy) is 1. The summed E-state index contributed by atoms with van der Waals surface area (Å²) < 4.78 is 6.21. The summed E-state index contributed by atoms with van der Waals surface area (Å²) >= 11 is 0. The van der Waals surface area contributed by atoms with Gasteiger partial charge in [-0.05, 0) is 29.3 Å². The van der Waals surface area contributed by atoms with Crippen LogP contribution in [-0.2, 0) is 16.6 Å². The fourth-order valence-corrected chi connectivity index (χ4v) is 3.22. The fourth-order valence-electron chi connectivity index (χ4n) is 3.22. The molecule has 7 nitrogen and oxygen atoms in total. The molecular formula is C24H19N3O4. The van der Waals surface area contributed by atoms with E-state index in [0.717, 1.165) is 15.8 Å². The van der Waals surface area contributed by atoms with Gasteiger partial charge in [0.05, 0.1) is 5.39 Å². The van der Waals surface area contributed by atoms with Crippen molar-refractivity contribution < 1.29 is 14.3 Å². The van der Waals surface area contributed by atoms with Gasteiger partial charge in [-0.15, -0.1) is 0 Å². The van der Waals surface area contributed by atoms with Crippen LogP contribution in [0, 0.1) is 0 Å². The Hall–Kier alpha value is -4.26. The number of aryl methyl sites for hydroxylation is 1. The predicted octanol–water partition coefficient (Wildman–Crippen LogP) is 3.40. The zero-order chi connectivity index (χ0) is 21.8.